The molecule has 84 valence electrons. The number of aliphatic hydroxyl groups excluding tert-OH is 1. The van der Waals surface area contributed by atoms with Crippen molar-refractivity contribution in [2.45, 2.75) is 12.5 Å². The van der Waals surface area contributed by atoms with Crippen LogP contribution in [-0.2, 0) is 0 Å². The lowest BCUT2D eigenvalue weighted by atomic mass is 10.0. The van der Waals surface area contributed by atoms with Gasteiger partial charge >= 0.3 is 0 Å². The van der Waals surface area contributed by atoms with E-state index in [0.29, 0.717) is 17.9 Å². The van der Waals surface area contributed by atoms with Crippen LogP contribution in [0.5, 0.6) is 11.5 Å². The van der Waals surface area contributed by atoms with Crippen molar-refractivity contribution in [3.8, 4) is 11.5 Å². The topological polar surface area (TPSA) is 64.7 Å². The Hall–Kier alpha value is -1.26. The monoisotopic (exact) mass is 211 g/mol. The van der Waals surface area contributed by atoms with Crippen molar-refractivity contribution in [2.24, 2.45) is 5.73 Å². The summed E-state index contributed by atoms with van der Waals surface area (Å²) < 4.78 is 10.3. The molecule has 1 aromatic carbocycles. The second kappa shape index (κ2) is 5.58. The quantitative estimate of drug-likeness (QED) is 0.765. The lowest BCUT2D eigenvalue weighted by Crippen LogP contribution is -2.12. The van der Waals surface area contributed by atoms with E-state index in [1.165, 1.54) is 0 Å². The molecule has 0 fully saturated rings. The Morgan fingerprint density at radius 3 is 2.47 bits per heavy atom. The molecule has 4 heteroatoms. The van der Waals surface area contributed by atoms with Crippen molar-refractivity contribution in [3.63, 3.8) is 0 Å². The Bertz CT molecular complexity index is 315. The highest BCUT2D eigenvalue weighted by Gasteiger charge is 2.09. The zero-order chi connectivity index (χ0) is 11.3. The zero-order valence-corrected chi connectivity index (χ0v) is 9.06. The normalized spacial score (nSPS) is 12.3. The fraction of sp³-hybridized carbons (Fsp3) is 0.455. The smallest absolute Gasteiger partial charge is 0.161 e. The van der Waals surface area contributed by atoms with Crippen LogP contribution in [0.4, 0.5) is 0 Å². The van der Waals surface area contributed by atoms with Crippen LogP contribution in [-0.4, -0.2) is 25.9 Å². The third kappa shape index (κ3) is 2.84. The number of rotatable bonds is 5. The van der Waals surface area contributed by atoms with Crippen LogP contribution in [0.25, 0.3) is 0 Å². The molecule has 0 heterocycles. The van der Waals surface area contributed by atoms with Crippen LogP contribution in [0.3, 0.4) is 0 Å². The Morgan fingerprint density at radius 1 is 1.27 bits per heavy atom. The molecule has 0 aromatic heterocycles. The van der Waals surface area contributed by atoms with Crippen molar-refractivity contribution in [1.29, 1.82) is 0 Å². The lowest BCUT2D eigenvalue weighted by Gasteiger charge is -2.13. The molecular weight excluding hydrogens is 194 g/mol. The van der Waals surface area contributed by atoms with Crippen LogP contribution in [0.1, 0.15) is 18.0 Å². The first kappa shape index (κ1) is 11.8. The van der Waals surface area contributed by atoms with Gasteiger partial charge in [0.05, 0.1) is 14.2 Å². The largest absolute Gasteiger partial charge is 0.493 e. The van der Waals surface area contributed by atoms with E-state index in [9.17, 15) is 0 Å². The summed E-state index contributed by atoms with van der Waals surface area (Å²) in [5.74, 6) is 1.33. The summed E-state index contributed by atoms with van der Waals surface area (Å²) in [6, 6.07) is 5.35. The van der Waals surface area contributed by atoms with E-state index in [2.05, 4.69) is 0 Å². The Balaban J connectivity index is 2.92. The standard InChI is InChI=1S/C11H17NO3/c1-14-10-4-3-8(7-11(10)15-2)9(12)5-6-13/h3-4,7,9,13H,5-6,12H2,1-2H3. The van der Waals surface area contributed by atoms with Gasteiger partial charge in [0.2, 0.25) is 0 Å². The molecule has 1 unspecified atom stereocenters. The maximum absolute atomic E-state index is 8.79. The SMILES string of the molecule is COc1ccc(C(N)CCO)cc1OC. The molecule has 0 spiro atoms. The van der Waals surface area contributed by atoms with Crippen molar-refractivity contribution < 1.29 is 14.6 Å². The van der Waals surface area contributed by atoms with Crippen molar-refractivity contribution in [3.05, 3.63) is 23.8 Å². The number of nitrogens with two attached hydrogens (primary N) is 1. The van der Waals surface area contributed by atoms with Gasteiger partial charge in [-0.25, -0.2) is 0 Å². The maximum Gasteiger partial charge on any atom is 0.161 e. The number of methoxy groups -OCH3 is 2. The Kier molecular flexibility index (Phi) is 4.39. The highest BCUT2D eigenvalue weighted by molar-refractivity contribution is 5.43. The molecule has 3 N–H and O–H groups in total. The van der Waals surface area contributed by atoms with E-state index in [-0.39, 0.29) is 12.6 Å². The minimum Gasteiger partial charge on any atom is -0.493 e. The molecule has 4 nitrogen and oxygen atoms in total. The first-order valence-corrected chi connectivity index (χ1v) is 4.81. The number of hydrogen-bond acceptors (Lipinski definition) is 4. The van der Waals surface area contributed by atoms with Crippen molar-refractivity contribution in [2.75, 3.05) is 20.8 Å². The number of hydrogen-bond donors (Lipinski definition) is 2. The predicted molar refractivity (Wildman–Crippen MR) is 58.2 cm³/mol. The first-order valence-electron chi connectivity index (χ1n) is 4.81. The molecule has 0 aliphatic rings. The maximum atomic E-state index is 8.79. The summed E-state index contributed by atoms with van der Waals surface area (Å²) >= 11 is 0. The Labute approximate surface area is 89.6 Å². The highest BCUT2D eigenvalue weighted by atomic mass is 16.5. The third-order valence-corrected chi connectivity index (χ3v) is 2.28. The van der Waals surface area contributed by atoms with Crippen molar-refractivity contribution in [1.82, 2.24) is 0 Å². The second-order valence-corrected chi connectivity index (χ2v) is 3.23. The van der Waals surface area contributed by atoms with Crippen LogP contribution in [0, 0.1) is 0 Å². The summed E-state index contributed by atoms with van der Waals surface area (Å²) in [5.41, 5.74) is 6.80. The minimum atomic E-state index is -0.171. The molecule has 15 heavy (non-hydrogen) atoms. The van der Waals surface area contributed by atoms with Crippen LogP contribution >= 0.6 is 0 Å². The average molecular weight is 211 g/mol. The summed E-state index contributed by atoms with van der Waals surface area (Å²) in [6.45, 7) is 0.0789. The molecule has 0 aliphatic heterocycles. The molecular formula is C11H17NO3. The van der Waals surface area contributed by atoms with Gasteiger partial charge in [-0.15, -0.1) is 0 Å². The van der Waals surface area contributed by atoms with Crippen LogP contribution < -0.4 is 15.2 Å². The summed E-state index contributed by atoms with van der Waals surface area (Å²) in [5, 5.41) is 8.79. The van der Waals surface area contributed by atoms with Gasteiger partial charge in [0.25, 0.3) is 0 Å². The van der Waals surface area contributed by atoms with E-state index < -0.39 is 0 Å². The second-order valence-electron chi connectivity index (χ2n) is 3.23. The van der Waals surface area contributed by atoms with Gasteiger partial charge in [0.15, 0.2) is 11.5 Å². The van der Waals surface area contributed by atoms with E-state index in [4.69, 9.17) is 20.3 Å². The summed E-state index contributed by atoms with van der Waals surface area (Å²) in [4.78, 5) is 0. The van der Waals surface area contributed by atoms with Crippen molar-refractivity contribution >= 4 is 0 Å². The number of ether oxygens (including phenoxy) is 2. The van der Waals surface area contributed by atoms with Crippen LogP contribution in [0.2, 0.25) is 0 Å². The molecule has 1 atom stereocenters. The van der Waals surface area contributed by atoms with Crippen LogP contribution in [0.15, 0.2) is 18.2 Å². The average Bonchev–Trinajstić information content (AvgIpc) is 2.28. The van der Waals surface area contributed by atoms with Gasteiger partial charge in [0, 0.05) is 12.6 Å². The van der Waals surface area contributed by atoms with E-state index >= 15 is 0 Å². The van der Waals surface area contributed by atoms with E-state index in [0.717, 1.165) is 5.56 Å². The molecule has 1 rings (SSSR count). The lowest BCUT2D eigenvalue weighted by molar-refractivity contribution is 0.276. The number of benzene rings is 1. The molecule has 0 saturated heterocycles. The molecule has 1 aromatic rings. The van der Waals surface area contributed by atoms with Gasteiger partial charge in [0.1, 0.15) is 0 Å². The van der Waals surface area contributed by atoms with Gasteiger partial charge in [-0.3, -0.25) is 0 Å². The van der Waals surface area contributed by atoms with Gasteiger partial charge in [-0.2, -0.15) is 0 Å². The highest BCUT2D eigenvalue weighted by Crippen LogP contribution is 2.29. The fourth-order valence-electron chi connectivity index (χ4n) is 1.39. The van der Waals surface area contributed by atoms with Gasteiger partial charge in [-0.1, -0.05) is 6.07 Å². The van der Waals surface area contributed by atoms with Gasteiger partial charge in [-0.05, 0) is 24.1 Å². The summed E-state index contributed by atoms with van der Waals surface area (Å²) in [7, 11) is 3.17. The van der Waals surface area contributed by atoms with E-state index in [1.54, 1.807) is 14.2 Å². The fourth-order valence-corrected chi connectivity index (χ4v) is 1.39. The molecule has 0 radical (unpaired) electrons. The minimum absolute atomic E-state index is 0.0789. The number of aliphatic hydroxyl groups is 1. The third-order valence-electron chi connectivity index (χ3n) is 2.28. The molecule has 0 bridgehead atoms. The first-order chi connectivity index (χ1) is 7.22. The molecule has 0 aliphatic carbocycles. The molecule has 0 amide bonds. The zero-order valence-electron chi connectivity index (χ0n) is 9.06. The molecule has 0 saturated carbocycles. The van der Waals surface area contributed by atoms with E-state index in [1.807, 2.05) is 18.2 Å². The summed E-state index contributed by atoms with van der Waals surface area (Å²) in [6.07, 6.45) is 0.537. The Morgan fingerprint density at radius 2 is 1.93 bits per heavy atom. The predicted octanol–water partition coefficient (Wildman–Crippen LogP) is 1.09. The van der Waals surface area contributed by atoms with Gasteiger partial charge < -0.3 is 20.3 Å².